The molecule has 72 heavy (non-hydrogen) atoms. The molecule has 3 aromatic rings. The Morgan fingerprint density at radius 3 is 1.40 bits per heavy atom. The average Bonchev–Trinajstić information content (AvgIpc) is 3.32. The van der Waals surface area contributed by atoms with Gasteiger partial charge in [-0.05, 0) is 54.4 Å². The molecule has 1 unspecified atom stereocenters. The number of rotatable bonds is 35. The summed E-state index contributed by atoms with van der Waals surface area (Å²) < 4.78 is 24.1. The number of aliphatic hydroxyl groups excluding tert-OH is 1. The van der Waals surface area contributed by atoms with Crippen molar-refractivity contribution < 1.29 is 52.2 Å². The number of hydrogen-bond acceptors (Lipinski definition) is 10. The van der Waals surface area contributed by atoms with E-state index in [-0.39, 0.29) is 38.0 Å². The fourth-order valence-electron chi connectivity index (χ4n) is 8.22. The highest BCUT2D eigenvalue weighted by Crippen LogP contribution is 2.20. The molecule has 0 radical (unpaired) electrons. The van der Waals surface area contributed by atoms with Crippen molar-refractivity contribution in [3.05, 3.63) is 96.1 Å². The molecule has 0 saturated carbocycles. The van der Waals surface area contributed by atoms with Gasteiger partial charge < -0.3 is 42.5 Å². The summed E-state index contributed by atoms with van der Waals surface area (Å²) in [5.41, 5.74) is 9.20. The second kappa shape index (κ2) is 32.0. The van der Waals surface area contributed by atoms with Crippen LogP contribution < -0.4 is 32.3 Å². The van der Waals surface area contributed by atoms with Crippen molar-refractivity contribution in [1.29, 1.82) is 0 Å². The van der Waals surface area contributed by atoms with E-state index in [2.05, 4.69) is 26.6 Å². The minimum Gasteiger partial charge on any atom is -0.480 e. The molecule has 3 rings (SSSR count). The van der Waals surface area contributed by atoms with E-state index in [9.17, 15) is 52.2 Å². The second-order valence-electron chi connectivity index (χ2n) is 19.3. The predicted molar refractivity (Wildman–Crippen MR) is 278 cm³/mol. The van der Waals surface area contributed by atoms with Crippen molar-refractivity contribution in [2.45, 2.75) is 166 Å². The quantitative estimate of drug-likeness (QED) is 0.0361. The molecule has 0 spiro atoms. The molecule has 9 N–H and O–H groups in total. The van der Waals surface area contributed by atoms with Crippen molar-refractivity contribution >= 4 is 51.2 Å². The van der Waals surface area contributed by atoms with Crippen LogP contribution >= 0.6 is 0 Å². The number of carbonyl (C=O) groups is 7. The normalized spacial score (nSPS) is 13.9. The molecule has 0 heterocycles. The van der Waals surface area contributed by atoms with Gasteiger partial charge in [-0.2, -0.15) is 0 Å². The molecule has 17 nitrogen and oxygen atoms in total. The zero-order valence-corrected chi connectivity index (χ0v) is 43.2. The van der Waals surface area contributed by atoms with E-state index in [1.807, 2.05) is 68.4 Å². The second-order valence-corrected chi connectivity index (χ2v) is 21.4. The van der Waals surface area contributed by atoms with Crippen LogP contribution in [0.4, 0.5) is 0 Å². The van der Waals surface area contributed by atoms with Crippen molar-refractivity contribution in [2.75, 3.05) is 12.0 Å². The van der Waals surface area contributed by atoms with Crippen LogP contribution in [0.3, 0.4) is 0 Å². The lowest BCUT2D eigenvalue weighted by Gasteiger charge is -2.27. The fraction of sp³-hybridized carbons (Fsp3) is 0.537. The smallest absolute Gasteiger partial charge is 0.326 e. The third kappa shape index (κ3) is 24.3. The average molecular weight is 1020 g/mol. The lowest BCUT2D eigenvalue weighted by atomic mass is 9.99. The summed E-state index contributed by atoms with van der Waals surface area (Å²) in [5.74, 6) is -5.76. The van der Waals surface area contributed by atoms with Gasteiger partial charge in [-0.15, -0.1) is 0 Å². The Kier molecular flexibility index (Phi) is 26.8. The van der Waals surface area contributed by atoms with Crippen LogP contribution in [-0.4, -0.2) is 108 Å². The first-order valence-electron chi connectivity index (χ1n) is 25.3. The number of carboxylic acid groups (broad SMARTS) is 1. The molecule has 18 heteroatoms. The Morgan fingerprint density at radius 2 is 0.931 bits per heavy atom. The number of hydrogen-bond donors (Lipinski definition) is 8. The summed E-state index contributed by atoms with van der Waals surface area (Å²) in [4.78, 5) is 89.9. The number of carbonyl (C=O) groups excluding carboxylic acids is 6. The number of aliphatic carboxylic acids is 1. The minimum absolute atomic E-state index is 0.00663. The van der Waals surface area contributed by atoms with Gasteiger partial charge in [-0.25, -0.2) is 13.2 Å². The Bertz CT molecular complexity index is 2280. The van der Waals surface area contributed by atoms with Crippen LogP contribution in [0, 0.1) is 5.92 Å². The van der Waals surface area contributed by atoms with E-state index in [0.29, 0.717) is 18.4 Å². The van der Waals surface area contributed by atoms with Gasteiger partial charge in [-0.3, -0.25) is 28.8 Å². The molecular formula is C54H78N6O11S. The number of benzene rings is 3. The third-order valence-corrected chi connectivity index (χ3v) is 13.1. The SMILES string of the molecule is CC(C)C[C@H](NC(=O)[C@@H](NC(=O)CCCCCCCCCCCCCCC(=O)N[C@@H](CS(C)(=O)=O)C(=O)N[C@@H](Cc1ccccc1)C(=O)O)C(C)O)C(=O)N[C@@H](Cc1ccc(-c2ccccc2)cc1)C(N)=O. The molecule has 6 amide bonds. The van der Waals surface area contributed by atoms with Gasteiger partial charge in [0.2, 0.25) is 35.4 Å². The van der Waals surface area contributed by atoms with E-state index in [4.69, 9.17) is 5.73 Å². The largest absolute Gasteiger partial charge is 0.480 e. The van der Waals surface area contributed by atoms with Crippen LogP contribution in [-0.2, 0) is 56.2 Å². The summed E-state index contributed by atoms with van der Waals surface area (Å²) in [6.07, 6.45) is 11.2. The molecule has 0 fully saturated rings. The molecule has 3 aromatic carbocycles. The minimum atomic E-state index is -3.68. The summed E-state index contributed by atoms with van der Waals surface area (Å²) >= 11 is 0. The number of amides is 6. The third-order valence-electron chi connectivity index (χ3n) is 12.2. The molecule has 0 aliphatic rings. The number of unbranched alkanes of at least 4 members (excludes halogenated alkanes) is 11. The van der Waals surface area contributed by atoms with E-state index < -0.39 is 93.3 Å². The van der Waals surface area contributed by atoms with Crippen molar-refractivity contribution in [2.24, 2.45) is 11.7 Å². The zero-order chi connectivity index (χ0) is 53.1. The number of primary amides is 1. The van der Waals surface area contributed by atoms with Gasteiger partial charge in [0.15, 0.2) is 0 Å². The number of sulfone groups is 1. The van der Waals surface area contributed by atoms with Gasteiger partial charge in [0.1, 0.15) is 40.0 Å². The summed E-state index contributed by atoms with van der Waals surface area (Å²) in [6, 6.07) is 20.0. The number of carboxylic acids is 1. The van der Waals surface area contributed by atoms with Crippen molar-refractivity contribution in [1.82, 2.24) is 26.6 Å². The number of nitrogens with one attached hydrogen (secondary N) is 5. The van der Waals surface area contributed by atoms with Gasteiger partial charge in [0.25, 0.3) is 0 Å². The zero-order valence-electron chi connectivity index (χ0n) is 42.4. The summed E-state index contributed by atoms with van der Waals surface area (Å²) in [7, 11) is -3.68. The van der Waals surface area contributed by atoms with Crippen molar-refractivity contribution in [3.63, 3.8) is 0 Å². The lowest BCUT2D eigenvalue weighted by Crippen LogP contribution is -2.59. The van der Waals surface area contributed by atoms with Gasteiger partial charge in [0.05, 0.1) is 11.9 Å². The highest BCUT2D eigenvalue weighted by molar-refractivity contribution is 7.90. The molecule has 6 atom stereocenters. The van der Waals surface area contributed by atoms with Crippen LogP contribution in [0.25, 0.3) is 11.1 Å². The lowest BCUT2D eigenvalue weighted by molar-refractivity contribution is -0.142. The first-order chi connectivity index (χ1) is 34.2. The van der Waals surface area contributed by atoms with E-state index >= 15 is 0 Å². The maximum atomic E-state index is 13.5. The monoisotopic (exact) mass is 1020 g/mol. The summed E-state index contributed by atoms with van der Waals surface area (Å²) in [5, 5.41) is 33.0. The van der Waals surface area contributed by atoms with Crippen LogP contribution in [0.1, 0.15) is 128 Å². The Morgan fingerprint density at radius 1 is 0.514 bits per heavy atom. The first-order valence-corrected chi connectivity index (χ1v) is 27.3. The van der Waals surface area contributed by atoms with Gasteiger partial charge >= 0.3 is 5.97 Å². The molecule has 0 saturated heterocycles. The maximum Gasteiger partial charge on any atom is 0.326 e. The standard InChI is InChI=1S/C54H78N6O11S/c1-37(2)33-44(51(65)57-43(50(55)64)34-40-29-31-42(32-30-40)41-25-19-16-20-26-41)58-53(67)49(38(3)61)60-48(63)28-22-14-12-10-8-6-5-7-9-11-13-21-27-47(62)56-46(36-72(4,70)71)52(66)59-45(54(68)69)35-39-23-17-15-18-24-39/h15-20,23-26,29-32,37-38,43-46,49,61H,5-14,21-22,27-28,33-36H2,1-4H3,(H2,55,64)(H,56,62)(H,57,65)(H,58,67)(H,59,66)(H,60,63)(H,68,69)/t38?,43-,44-,45-,46-,49-/m0/s1. The van der Waals surface area contributed by atoms with Gasteiger partial charge in [-0.1, -0.05) is 163 Å². The van der Waals surface area contributed by atoms with E-state index in [1.54, 1.807) is 30.3 Å². The fourth-order valence-corrected chi connectivity index (χ4v) is 9.06. The van der Waals surface area contributed by atoms with Crippen LogP contribution in [0.2, 0.25) is 0 Å². The Hall–Kier alpha value is -6.14. The van der Waals surface area contributed by atoms with E-state index in [1.165, 1.54) is 6.92 Å². The Balaban J connectivity index is 1.30. The molecule has 0 aliphatic heterocycles. The number of nitrogens with two attached hydrogens (primary N) is 1. The molecule has 0 aromatic heterocycles. The predicted octanol–water partition coefficient (Wildman–Crippen LogP) is 5.07. The molecule has 396 valence electrons. The molecule has 0 bridgehead atoms. The topological polar surface area (TPSA) is 280 Å². The molecule has 0 aliphatic carbocycles. The number of aliphatic hydroxyl groups is 1. The highest BCUT2D eigenvalue weighted by Gasteiger charge is 2.32. The van der Waals surface area contributed by atoms with Crippen LogP contribution in [0.15, 0.2) is 84.9 Å². The van der Waals surface area contributed by atoms with Crippen LogP contribution in [0.5, 0.6) is 0 Å². The van der Waals surface area contributed by atoms with Gasteiger partial charge in [0, 0.05) is 31.9 Å². The Labute approximate surface area is 425 Å². The van der Waals surface area contributed by atoms with Crippen molar-refractivity contribution in [3.8, 4) is 11.1 Å². The van der Waals surface area contributed by atoms with E-state index in [0.717, 1.165) is 87.2 Å². The highest BCUT2D eigenvalue weighted by atomic mass is 32.2. The molecular weight excluding hydrogens is 941 g/mol. The first kappa shape index (κ1) is 60.2. The summed E-state index contributed by atoms with van der Waals surface area (Å²) in [6.45, 7) is 5.15. The maximum absolute atomic E-state index is 13.5.